The van der Waals surface area contributed by atoms with Crippen molar-refractivity contribution in [3.63, 3.8) is 0 Å². The van der Waals surface area contributed by atoms with Crippen LogP contribution in [0.15, 0.2) is 24.7 Å². The number of ether oxygens (including phenoxy) is 3. The van der Waals surface area contributed by atoms with E-state index < -0.39 is 11.7 Å². The number of nitrogens with zero attached hydrogens (tertiary/aromatic N) is 4. The van der Waals surface area contributed by atoms with Crippen LogP contribution in [0.2, 0.25) is 0 Å². The maximum absolute atomic E-state index is 13.6. The first kappa shape index (κ1) is 20.0. The summed E-state index contributed by atoms with van der Waals surface area (Å²) in [6.45, 7) is 3.57. The minimum atomic E-state index is -0.599. The lowest BCUT2D eigenvalue weighted by Crippen LogP contribution is -2.16. The standard InChI is InChI=1S/C20H22FN5O4/c1-3-30-20-17-23-15(12-5-4-6-29-11-12)9-26(17)10-16(25-20)18(27)24-14-7-13(21)8-22-19(14)28-2/h7-10,12H,3-6,11H2,1-2H3,(H,24,27). The van der Waals surface area contributed by atoms with Gasteiger partial charge in [0.2, 0.25) is 11.5 Å². The van der Waals surface area contributed by atoms with Crippen molar-refractivity contribution in [2.75, 3.05) is 32.2 Å². The summed E-state index contributed by atoms with van der Waals surface area (Å²) in [7, 11) is 1.38. The number of hydrogen-bond acceptors (Lipinski definition) is 7. The van der Waals surface area contributed by atoms with Crippen molar-refractivity contribution >= 4 is 17.2 Å². The molecule has 3 aromatic rings. The molecule has 9 nitrogen and oxygen atoms in total. The van der Waals surface area contributed by atoms with Crippen molar-refractivity contribution in [2.45, 2.75) is 25.7 Å². The highest BCUT2D eigenvalue weighted by Crippen LogP contribution is 2.28. The minimum absolute atomic E-state index is 0.0844. The van der Waals surface area contributed by atoms with Crippen LogP contribution in [0, 0.1) is 5.82 Å². The molecule has 1 atom stereocenters. The SMILES string of the molecule is CCOc1nc(C(=O)Nc2cc(F)cnc2OC)cn2cc(C3CCCOC3)nc12. The molecule has 0 bridgehead atoms. The van der Waals surface area contributed by atoms with Gasteiger partial charge in [0.1, 0.15) is 17.2 Å². The van der Waals surface area contributed by atoms with Gasteiger partial charge in [0.05, 0.1) is 32.2 Å². The number of anilines is 1. The zero-order valence-electron chi connectivity index (χ0n) is 16.7. The Morgan fingerprint density at radius 2 is 2.23 bits per heavy atom. The van der Waals surface area contributed by atoms with Gasteiger partial charge in [-0.25, -0.2) is 19.3 Å². The predicted octanol–water partition coefficient (Wildman–Crippen LogP) is 2.82. The lowest BCUT2D eigenvalue weighted by Gasteiger charge is -2.19. The van der Waals surface area contributed by atoms with E-state index in [9.17, 15) is 9.18 Å². The number of carbonyl (C=O) groups is 1. The van der Waals surface area contributed by atoms with Gasteiger partial charge in [0.15, 0.2) is 0 Å². The van der Waals surface area contributed by atoms with Crippen molar-refractivity contribution in [1.29, 1.82) is 0 Å². The molecule has 1 aliphatic heterocycles. The third-order valence-corrected chi connectivity index (χ3v) is 4.78. The average molecular weight is 415 g/mol. The summed E-state index contributed by atoms with van der Waals surface area (Å²) in [6, 6.07) is 1.13. The highest BCUT2D eigenvalue weighted by atomic mass is 19.1. The van der Waals surface area contributed by atoms with Crippen molar-refractivity contribution in [3.05, 3.63) is 41.9 Å². The molecule has 10 heteroatoms. The Hall–Kier alpha value is -3.27. The predicted molar refractivity (Wildman–Crippen MR) is 106 cm³/mol. The van der Waals surface area contributed by atoms with Gasteiger partial charge in [0, 0.05) is 31.0 Å². The number of hydrogen-bond donors (Lipinski definition) is 1. The fourth-order valence-electron chi connectivity index (χ4n) is 3.37. The second-order valence-corrected chi connectivity index (χ2v) is 6.84. The molecule has 3 aromatic heterocycles. The topological polar surface area (TPSA) is 99.9 Å². The molecular formula is C20H22FN5O4. The van der Waals surface area contributed by atoms with E-state index in [2.05, 4.69) is 20.3 Å². The van der Waals surface area contributed by atoms with Gasteiger partial charge in [-0.1, -0.05) is 0 Å². The van der Waals surface area contributed by atoms with Gasteiger partial charge in [-0.05, 0) is 19.8 Å². The highest BCUT2D eigenvalue weighted by molar-refractivity contribution is 6.03. The van der Waals surface area contributed by atoms with Crippen molar-refractivity contribution in [2.24, 2.45) is 0 Å². The molecule has 0 radical (unpaired) electrons. The molecule has 0 spiro atoms. The van der Waals surface area contributed by atoms with Crippen LogP contribution >= 0.6 is 0 Å². The third kappa shape index (κ3) is 4.04. The molecule has 1 saturated heterocycles. The van der Waals surface area contributed by atoms with Crippen LogP contribution in [0.4, 0.5) is 10.1 Å². The van der Waals surface area contributed by atoms with Crippen LogP contribution in [0.5, 0.6) is 11.8 Å². The Balaban J connectivity index is 1.68. The molecule has 1 fully saturated rings. The Bertz CT molecular complexity index is 1060. The number of carbonyl (C=O) groups excluding carboxylic acids is 1. The van der Waals surface area contributed by atoms with Gasteiger partial charge in [-0.2, -0.15) is 0 Å². The maximum Gasteiger partial charge on any atom is 0.276 e. The Kier molecular flexibility index (Phi) is 5.75. The number of aromatic nitrogens is 4. The molecule has 0 aromatic carbocycles. The third-order valence-electron chi connectivity index (χ3n) is 4.78. The van der Waals surface area contributed by atoms with E-state index in [1.807, 2.05) is 13.1 Å². The normalized spacial score (nSPS) is 16.4. The maximum atomic E-state index is 13.6. The van der Waals surface area contributed by atoms with Crippen molar-refractivity contribution in [1.82, 2.24) is 19.4 Å². The van der Waals surface area contributed by atoms with Gasteiger partial charge in [-0.15, -0.1) is 0 Å². The zero-order chi connectivity index (χ0) is 21.1. The van der Waals surface area contributed by atoms with E-state index in [1.54, 1.807) is 10.6 Å². The van der Waals surface area contributed by atoms with Crippen LogP contribution in [0.3, 0.4) is 0 Å². The molecule has 1 aliphatic rings. The highest BCUT2D eigenvalue weighted by Gasteiger charge is 2.22. The molecule has 0 saturated carbocycles. The van der Waals surface area contributed by atoms with E-state index >= 15 is 0 Å². The number of rotatable bonds is 6. The quantitative estimate of drug-likeness (QED) is 0.661. The largest absolute Gasteiger partial charge is 0.480 e. The van der Waals surface area contributed by atoms with E-state index in [0.29, 0.717) is 18.9 Å². The summed E-state index contributed by atoms with van der Waals surface area (Å²) in [4.78, 5) is 25.6. The number of amides is 1. The van der Waals surface area contributed by atoms with Crippen LogP contribution in [0.1, 0.15) is 41.9 Å². The Labute approximate surface area is 172 Å². The number of fused-ring (bicyclic) bond motifs is 1. The molecule has 158 valence electrons. The summed E-state index contributed by atoms with van der Waals surface area (Å²) in [5.41, 5.74) is 1.58. The molecule has 30 heavy (non-hydrogen) atoms. The van der Waals surface area contributed by atoms with Gasteiger partial charge >= 0.3 is 0 Å². The van der Waals surface area contributed by atoms with Gasteiger partial charge in [0.25, 0.3) is 11.8 Å². The lowest BCUT2D eigenvalue weighted by atomic mass is 9.99. The van der Waals surface area contributed by atoms with E-state index in [4.69, 9.17) is 14.2 Å². The first-order valence-electron chi connectivity index (χ1n) is 9.70. The summed E-state index contributed by atoms with van der Waals surface area (Å²) in [5, 5.41) is 2.58. The smallest absolute Gasteiger partial charge is 0.276 e. The van der Waals surface area contributed by atoms with Crippen LogP contribution in [-0.2, 0) is 4.74 Å². The van der Waals surface area contributed by atoms with Crippen LogP contribution in [-0.4, -0.2) is 52.2 Å². The van der Waals surface area contributed by atoms with E-state index in [0.717, 1.165) is 37.4 Å². The number of nitrogens with one attached hydrogen (secondary N) is 1. The minimum Gasteiger partial charge on any atom is -0.480 e. The summed E-state index contributed by atoms with van der Waals surface area (Å²) in [6.07, 6.45) is 6.40. The lowest BCUT2D eigenvalue weighted by molar-refractivity contribution is 0.0794. The van der Waals surface area contributed by atoms with Gasteiger partial charge in [-0.3, -0.25) is 9.20 Å². The Morgan fingerprint density at radius 1 is 1.37 bits per heavy atom. The fourth-order valence-corrected chi connectivity index (χ4v) is 3.37. The molecule has 0 aliphatic carbocycles. The van der Waals surface area contributed by atoms with Gasteiger partial charge < -0.3 is 19.5 Å². The first-order chi connectivity index (χ1) is 14.6. The molecule has 4 heterocycles. The van der Waals surface area contributed by atoms with E-state index in [-0.39, 0.29) is 29.1 Å². The molecule has 1 unspecified atom stereocenters. The average Bonchev–Trinajstić information content (AvgIpc) is 3.19. The zero-order valence-corrected chi connectivity index (χ0v) is 16.7. The molecule has 4 rings (SSSR count). The molecular weight excluding hydrogens is 393 g/mol. The molecule has 1 amide bonds. The fraction of sp³-hybridized carbons (Fsp3) is 0.400. The number of imidazole rings is 1. The number of pyridine rings is 1. The second-order valence-electron chi connectivity index (χ2n) is 6.84. The number of halogens is 1. The Morgan fingerprint density at radius 3 is 2.97 bits per heavy atom. The summed E-state index contributed by atoms with van der Waals surface area (Å²) in [5.74, 6) is -0.623. The summed E-state index contributed by atoms with van der Waals surface area (Å²) >= 11 is 0. The second kappa shape index (κ2) is 8.62. The van der Waals surface area contributed by atoms with Crippen molar-refractivity contribution < 1.29 is 23.4 Å². The van der Waals surface area contributed by atoms with Crippen molar-refractivity contribution in [3.8, 4) is 11.8 Å². The van der Waals surface area contributed by atoms with E-state index in [1.165, 1.54) is 7.11 Å². The number of methoxy groups -OCH3 is 1. The van der Waals surface area contributed by atoms with Crippen LogP contribution in [0.25, 0.3) is 5.65 Å². The monoisotopic (exact) mass is 415 g/mol. The van der Waals surface area contributed by atoms with Crippen LogP contribution < -0.4 is 14.8 Å². The first-order valence-corrected chi connectivity index (χ1v) is 9.70. The summed E-state index contributed by atoms with van der Waals surface area (Å²) < 4.78 is 31.5. The molecule has 1 N–H and O–H groups in total.